The van der Waals surface area contributed by atoms with Gasteiger partial charge in [-0.15, -0.1) is 11.3 Å². The molecule has 5 rings (SSSR count). The van der Waals surface area contributed by atoms with Gasteiger partial charge in [-0.1, -0.05) is 44.6 Å². The Labute approximate surface area is 201 Å². The second-order valence-corrected chi connectivity index (χ2v) is 10.9. The summed E-state index contributed by atoms with van der Waals surface area (Å²) in [4.78, 5) is 32.4. The molecule has 0 bridgehead atoms. The summed E-state index contributed by atoms with van der Waals surface area (Å²) in [6.45, 7) is 0.829. The Morgan fingerprint density at radius 2 is 1.76 bits per heavy atom. The lowest BCUT2D eigenvalue weighted by atomic mass is 9.87. The van der Waals surface area contributed by atoms with Crippen LogP contribution in [0.5, 0.6) is 0 Å². The normalized spacial score (nSPS) is 19.8. The van der Waals surface area contributed by atoms with Crippen LogP contribution in [0.25, 0.3) is 11.3 Å². The van der Waals surface area contributed by atoms with Crippen molar-refractivity contribution in [2.24, 2.45) is 11.8 Å². The average Bonchev–Trinajstić information content (AvgIpc) is 3.32. The van der Waals surface area contributed by atoms with Gasteiger partial charge in [-0.2, -0.15) is 0 Å². The van der Waals surface area contributed by atoms with Crippen molar-refractivity contribution in [3.63, 3.8) is 0 Å². The van der Waals surface area contributed by atoms with E-state index in [4.69, 9.17) is 4.98 Å². The maximum atomic E-state index is 13.2. The third kappa shape index (κ3) is 5.32. The van der Waals surface area contributed by atoms with Gasteiger partial charge in [0.2, 0.25) is 11.8 Å². The van der Waals surface area contributed by atoms with E-state index in [0.717, 1.165) is 49.2 Å². The number of amides is 2. The molecule has 1 aliphatic heterocycles. The predicted molar refractivity (Wildman–Crippen MR) is 135 cm³/mol. The van der Waals surface area contributed by atoms with Gasteiger partial charge in [0.15, 0.2) is 5.13 Å². The van der Waals surface area contributed by atoms with Gasteiger partial charge in [-0.25, -0.2) is 4.98 Å². The monoisotopic (exact) mass is 465 g/mol. The van der Waals surface area contributed by atoms with E-state index in [1.165, 1.54) is 68.3 Å². The number of carbonyl (C=O) groups is 2. The summed E-state index contributed by atoms with van der Waals surface area (Å²) in [6.07, 6.45) is 14.5. The Morgan fingerprint density at radius 3 is 2.55 bits per heavy atom. The first-order valence-corrected chi connectivity index (χ1v) is 13.8. The van der Waals surface area contributed by atoms with Crippen LogP contribution in [0.1, 0.15) is 82.6 Å². The van der Waals surface area contributed by atoms with Crippen molar-refractivity contribution in [1.29, 1.82) is 0 Å². The van der Waals surface area contributed by atoms with Crippen LogP contribution in [-0.2, 0) is 16.0 Å². The molecule has 1 N–H and O–H groups in total. The Morgan fingerprint density at radius 1 is 1.00 bits per heavy atom. The number of carbonyl (C=O) groups excluding carboxylic acids is 2. The molecule has 3 aliphatic rings. The number of aryl methyl sites for hydroxylation is 1. The number of thiazole rings is 1. The fraction of sp³-hybridized carbons (Fsp3) is 0.593. The van der Waals surface area contributed by atoms with Gasteiger partial charge < -0.3 is 10.2 Å². The quantitative estimate of drug-likeness (QED) is 0.542. The zero-order chi connectivity index (χ0) is 22.6. The Kier molecular flexibility index (Phi) is 7.10. The van der Waals surface area contributed by atoms with Crippen molar-refractivity contribution in [3.8, 4) is 11.3 Å². The maximum absolute atomic E-state index is 13.2. The number of hydrogen-bond acceptors (Lipinski definition) is 4. The van der Waals surface area contributed by atoms with Crippen LogP contribution in [0.4, 0.5) is 10.8 Å². The van der Waals surface area contributed by atoms with Crippen molar-refractivity contribution < 1.29 is 9.59 Å². The molecular formula is C27H35N3O2S. The number of fused-ring (bicyclic) bond motifs is 1. The third-order valence-corrected chi connectivity index (χ3v) is 8.42. The van der Waals surface area contributed by atoms with E-state index in [2.05, 4.69) is 23.5 Å². The minimum atomic E-state index is 0.0881. The molecule has 2 heterocycles. The van der Waals surface area contributed by atoms with Crippen LogP contribution in [-0.4, -0.2) is 23.3 Å². The second kappa shape index (κ2) is 10.4. The number of nitrogens with one attached hydrogen (secondary N) is 1. The van der Waals surface area contributed by atoms with E-state index >= 15 is 0 Å². The van der Waals surface area contributed by atoms with Gasteiger partial charge in [0, 0.05) is 35.5 Å². The molecule has 1 aromatic carbocycles. The van der Waals surface area contributed by atoms with Crippen LogP contribution in [0.3, 0.4) is 0 Å². The molecule has 176 valence electrons. The van der Waals surface area contributed by atoms with E-state index < -0.39 is 0 Å². The molecule has 0 spiro atoms. The van der Waals surface area contributed by atoms with Gasteiger partial charge in [-0.3, -0.25) is 9.59 Å². The fourth-order valence-electron chi connectivity index (χ4n) is 5.84. The summed E-state index contributed by atoms with van der Waals surface area (Å²) >= 11 is 1.49. The number of benzene rings is 1. The highest BCUT2D eigenvalue weighted by Gasteiger charge is 2.30. The first-order valence-electron chi connectivity index (χ1n) is 12.9. The molecular weight excluding hydrogens is 430 g/mol. The lowest BCUT2D eigenvalue weighted by Gasteiger charge is -2.33. The Bertz CT molecular complexity index is 989. The molecule has 0 unspecified atom stereocenters. The summed E-state index contributed by atoms with van der Waals surface area (Å²) in [6, 6.07) is 6.37. The fourth-order valence-corrected chi connectivity index (χ4v) is 6.58. The minimum absolute atomic E-state index is 0.0881. The predicted octanol–water partition coefficient (Wildman–Crippen LogP) is 6.58. The average molecular weight is 466 g/mol. The molecule has 2 aliphatic carbocycles. The summed E-state index contributed by atoms with van der Waals surface area (Å²) in [5.41, 5.74) is 4.27. The van der Waals surface area contributed by atoms with Crippen LogP contribution in [0.2, 0.25) is 0 Å². The zero-order valence-corrected chi connectivity index (χ0v) is 20.3. The summed E-state index contributed by atoms with van der Waals surface area (Å²) < 4.78 is 0. The number of anilines is 2. The van der Waals surface area contributed by atoms with E-state index in [9.17, 15) is 9.59 Å². The van der Waals surface area contributed by atoms with E-state index in [0.29, 0.717) is 23.4 Å². The number of nitrogens with zero attached hydrogens (tertiary/aromatic N) is 2. The van der Waals surface area contributed by atoms with E-state index in [1.807, 2.05) is 10.3 Å². The first-order chi connectivity index (χ1) is 16.2. The van der Waals surface area contributed by atoms with Gasteiger partial charge in [0.05, 0.1) is 5.69 Å². The summed E-state index contributed by atoms with van der Waals surface area (Å²) in [7, 11) is 0. The van der Waals surface area contributed by atoms with Gasteiger partial charge >= 0.3 is 0 Å². The third-order valence-electron chi connectivity index (χ3n) is 7.66. The molecule has 0 saturated heterocycles. The largest absolute Gasteiger partial charge is 0.312 e. The minimum Gasteiger partial charge on any atom is -0.312 e. The Hall–Kier alpha value is -2.21. The number of hydrogen-bond donors (Lipinski definition) is 1. The standard InChI is InChI=1S/C27H35N3O2S/c31-25(16-19-8-3-1-4-9-19)29-27-28-23(18-33-27)21-13-14-24-22(17-21)12-7-15-30(24)26(32)20-10-5-2-6-11-20/h13-14,17-20H,1-12,15-16H2,(H,28,29,31). The molecule has 0 atom stereocenters. The maximum Gasteiger partial charge on any atom is 0.230 e. The molecule has 0 radical (unpaired) electrons. The molecule has 2 aromatic rings. The van der Waals surface area contributed by atoms with Crippen molar-refractivity contribution in [2.45, 2.75) is 83.5 Å². The molecule has 2 amide bonds. The molecule has 2 saturated carbocycles. The zero-order valence-electron chi connectivity index (χ0n) is 19.5. The number of aromatic nitrogens is 1. The van der Waals surface area contributed by atoms with Gasteiger partial charge in [-0.05, 0) is 62.1 Å². The topological polar surface area (TPSA) is 62.3 Å². The van der Waals surface area contributed by atoms with Crippen LogP contribution >= 0.6 is 11.3 Å². The Balaban J connectivity index is 1.26. The highest BCUT2D eigenvalue weighted by molar-refractivity contribution is 7.14. The van der Waals surface area contributed by atoms with Crippen molar-refractivity contribution in [3.05, 3.63) is 29.1 Å². The van der Waals surface area contributed by atoms with E-state index in [-0.39, 0.29) is 11.8 Å². The highest BCUT2D eigenvalue weighted by Crippen LogP contribution is 2.35. The molecule has 1 aromatic heterocycles. The first kappa shape index (κ1) is 22.6. The molecule has 5 nitrogen and oxygen atoms in total. The SMILES string of the molecule is O=C(CC1CCCCC1)Nc1nc(-c2ccc3c(c2)CCCN3C(=O)C2CCCCC2)cs1. The lowest BCUT2D eigenvalue weighted by molar-refractivity contribution is -0.123. The van der Waals surface area contributed by atoms with Gasteiger partial charge in [0.1, 0.15) is 0 Å². The van der Waals surface area contributed by atoms with Crippen LogP contribution in [0, 0.1) is 11.8 Å². The van der Waals surface area contributed by atoms with Crippen molar-refractivity contribution >= 4 is 34.0 Å². The van der Waals surface area contributed by atoms with Crippen LogP contribution in [0.15, 0.2) is 23.6 Å². The summed E-state index contributed by atoms with van der Waals surface area (Å²) in [5, 5.41) is 5.71. The van der Waals surface area contributed by atoms with Crippen molar-refractivity contribution in [2.75, 3.05) is 16.8 Å². The number of rotatable bonds is 5. The van der Waals surface area contributed by atoms with Crippen LogP contribution < -0.4 is 10.2 Å². The highest BCUT2D eigenvalue weighted by atomic mass is 32.1. The van der Waals surface area contributed by atoms with E-state index in [1.54, 1.807) is 0 Å². The van der Waals surface area contributed by atoms with Gasteiger partial charge in [0.25, 0.3) is 0 Å². The van der Waals surface area contributed by atoms with Crippen molar-refractivity contribution in [1.82, 2.24) is 4.98 Å². The summed E-state index contributed by atoms with van der Waals surface area (Å²) in [5.74, 6) is 1.13. The molecule has 33 heavy (non-hydrogen) atoms. The molecule has 6 heteroatoms. The smallest absolute Gasteiger partial charge is 0.230 e. The molecule has 2 fully saturated rings. The lowest BCUT2D eigenvalue weighted by Crippen LogP contribution is -2.40. The second-order valence-electron chi connectivity index (χ2n) is 10.1.